The summed E-state index contributed by atoms with van der Waals surface area (Å²) in [7, 11) is 1.91. The van der Waals surface area contributed by atoms with Crippen molar-refractivity contribution in [2.45, 2.75) is 13.8 Å². The van der Waals surface area contributed by atoms with Gasteiger partial charge in [0, 0.05) is 196 Å². The van der Waals surface area contributed by atoms with Crippen LogP contribution in [0.3, 0.4) is 0 Å². The zero-order chi connectivity index (χ0) is 77.3. The second kappa shape index (κ2) is 62.7. The van der Waals surface area contributed by atoms with Crippen LogP contribution in [0.2, 0.25) is 0 Å². The Balaban J connectivity index is 0.000000677. The first-order valence-corrected chi connectivity index (χ1v) is 54.7. The summed E-state index contributed by atoms with van der Waals surface area (Å²) in [6, 6.07) is 69.6. The van der Waals surface area contributed by atoms with Crippen LogP contribution in [0.5, 0.6) is 0 Å². The van der Waals surface area contributed by atoms with E-state index in [0.717, 1.165) is 78.1 Å². The molecule has 12 rings (SSSR count). The van der Waals surface area contributed by atoms with Crippen molar-refractivity contribution in [1.29, 1.82) is 31.6 Å². The normalized spacial score (nSPS) is 8.97. The monoisotopic (exact) mass is 2650 g/mol. The summed E-state index contributed by atoms with van der Waals surface area (Å²) in [6.07, 6.45) is 5.31. The summed E-state index contributed by atoms with van der Waals surface area (Å²) in [5.41, 5.74) is 17.1. The standard InChI is InChI=1S/C16H13IN2.C16H12IN.C15H11IN2.C14H12IN3.C14H11IN2S.C13H9IN2S.6Y/c1-12-4-3-5-16(19-12)7-6-13-8-14(11-18)10-15(9-13)17-2;1-17-16-10-14(9-15(11-16)12-18)8-7-13-5-3-2-4-6-13;1-16-14-9-12(8-13(10-14)11-17)5-6-15-4-2-3-7-18-15;1-15-13-6-11(5-12(7-13)8-16)3-4-14-9-18(2)10-17-14;1-10-17-14(9-18-10)4-3-11-5-12(8-16)7-13(6-11)15-2;1-14-12-5-10(4-11(6-12)7-15)2-3-13-8-17-9-16-13;;;;;;/h3-5,8-10,17H,1-2H3;2-6,9-11,17H,1H3;2-4,7-10,16H,1H3;5-7,9-10,15H,1-2H3;5-7,9,15H,1-2H3;4-6,8-9,14H,1H3;;;;;;. The predicted octanol–water partition coefficient (Wildman–Crippen LogP) is 17.8. The van der Waals surface area contributed by atoms with Crippen LogP contribution < -0.4 is 0 Å². The van der Waals surface area contributed by atoms with Gasteiger partial charge in [0.05, 0.1) is 0 Å². The van der Waals surface area contributed by atoms with E-state index in [9.17, 15) is 0 Å². The number of nitrogens with zero attached hydrogens (tertiary/aromatic N) is 12. The zero-order valence-corrected chi connectivity index (χ0v) is 95.9. The van der Waals surface area contributed by atoms with Crippen LogP contribution in [0.1, 0.15) is 111 Å². The molecule has 0 spiro atoms. The van der Waals surface area contributed by atoms with Gasteiger partial charge in [-0.3, -0.25) is 0 Å². The zero-order valence-electron chi connectivity index (χ0n) is 63.3. The summed E-state index contributed by atoms with van der Waals surface area (Å²) in [5, 5.41) is 58.7. The van der Waals surface area contributed by atoms with Crippen molar-refractivity contribution in [2.75, 3.05) is 29.6 Å². The maximum atomic E-state index is 9.01. The third-order valence-electron chi connectivity index (χ3n) is 13.7. The van der Waals surface area contributed by atoms with Gasteiger partial charge in [-0.1, -0.05) is 0 Å². The second-order valence-corrected chi connectivity index (χ2v) is 38.5. The number of rotatable bonds is 6. The molecule has 0 unspecified atom stereocenters. The number of benzene rings is 7. The van der Waals surface area contributed by atoms with Crippen molar-refractivity contribution >= 4 is 150 Å². The SMILES string of the molecule is C[IH]c1cc(C#N)cc(C#Cc2cccc(C)n2)c1.C[IH]c1cc(C#N)cc(C#Cc2ccccc2)c1.C[IH]c1cc(C#N)cc(C#Cc2ccccn2)c1.C[IH]c1cc(C#N)cc(C#Cc2cn(C)cn2)c1.C[IH]c1cc(C#N)cc(C#Cc2csc(C)n2)c1.C[IH]c1cc(C#N)cc(C#Cc2cscn2)c1.[Y].[Y].[Y].[Y].[Y].[Y]. The van der Waals surface area contributed by atoms with Crippen molar-refractivity contribution in [3.05, 3.63) is 344 Å². The van der Waals surface area contributed by atoms with Crippen LogP contribution in [0, 0.1) is 174 Å². The average molecular weight is 2650 g/mol. The van der Waals surface area contributed by atoms with Crippen molar-refractivity contribution < 1.29 is 196 Å². The number of halogens is 6. The van der Waals surface area contributed by atoms with Crippen molar-refractivity contribution in [3.8, 4) is 107 Å². The van der Waals surface area contributed by atoms with E-state index in [-0.39, 0.29) is 323 Å². The first kappa shape index (κ1) is 109. The summed E-state index contributed by atoms with van der Waals surface area (Å²) in [4.78, 5) is 34.2. The third kappa shape index (κ3) is 41.7. The molecule has 12 aromatic rings. The fourth-order valence-corrected chi connectivity index (χ4v) is 18.1. The fourth-order valence-electron chi connectivity index (χ4n) is 8.69. The molecule has 0 aliphatic rings. The van der Waals surface area contributed by atoms with Crippen LogP contribution in [0.15, 0.2) is 211 Å². The molecule has 6 radical (unpaired) electrons. The number of aryl methyl sites for hydroxylation is 3. The minimum atomic E-state index is -0.206. The molecule has 0 atom stereocenters. The number of imidazole rings is 1. The number of hydrogen-bond donors (Lipinski definition) is 0. The number of alkyl halides is 6. The Hall–Kier alpha value is -3.39. The van der Waals surface area contributed by atoms with Crippen LogP contribution in [-0.2, 0) is 203 Å². The predicted molar refractivity (Wildman–Crippen MR) is 495 cm³/mol. The first-order valence-electron chi connectivity index (χ1n) is 31.9. The van der Waals surface area contributed by atoms with Crippen molar-refractivity contribution in [1.82, 2.24) is 29.5 Å². The summed E-state index contributed by atoms with van der Waals surface area (Å²) in [6.45, 7) is 3.91. The summed E-state index contributed by atoms with van der Waals surface area (Å²) >= 11 is 1.95. The van der Waals surface area contributed by atoms with E-state index in [2.05, 4.69) is 198 Å². The Morgan fingerprint density at radius 3 is 0.956 bits per heavy atom. The Morgan fingerprint density at radius 2 is 0.640 bits per heavy atom. The summed E-state index contributed by atoms with van der Waals surface area (Å²) < 4.78 is 9.42. The molecule has 0 saturated heterocycles. The maximum Gasteiger partial charge on any atom is 0 e. The van der Waals surface area contributed by atoms with E-state index >= 15 is 0 Å². The number of aromatic nitrogens is 6. The largest absolute Gasteiger partial charge is 0 e. The van der Waals surface area contributed by atoms with Crippen molar-refractivity contribution in [2.24, 2.45) is 7.05 Å². The topological polar surface area (TPSA) is 212 Å². The Bertz CT molecular complexity index is 5600. The molecule has 0 aliphatic carbocycles. The minimum Gasteiger partial charge on any atom is 0 e. The van der Waals surface area contributed by atoms with E-state index in [1.54, 1.807) is 29.4 Å². The van der Waals surface area contributed by atoms with Gasteiger partial charge >= 0.3 is 713 Å². The van der Waals surface area contributed by atoms with Gasteiger partial charge in [-0.05, 0) is 0 Å². The second-order valence-electron chi connectivity index (χ2n) is 21.7. The van der Waals surface area contributed by atoms with Gasteiger partial charge in [-0.2, -0.15) is 0 Å². The smallest absolute Gasteiger partial charge is 0 e. The minimum absolute atomic E-state index is 0. The van der Waals surface area contributed by atoms with Gasteiger partial charge in [-0.25, -0.2) is 0 Å². The molecule has 0 aliphatic heterocycles. The van der Waals surface area contributed by atoms with Gasteiger partial charge in [-0.15, -0.1) is 0 Å². The van der Waals surface area contributed by atoms with Crippen LogP contribution >= 0.6 is 150 Å². The van der Waals surface area contributed by atoms with E-state index in [1.807, 2.05) is 182 Å². The fraction of sp³-hybridized carbons (Fsp3) is 0.102. The molecule has 0 amide bonds. The van der Waals surface area contributed by atoms with E-state index < -0.39 is 0 Å². The van der Waals surface area contributed by atoms with Gasteiger partial charge in [0.15, 0.2) is 0 Å². The quantitative estimate of drug-likeness (QED) is 0.0867. The molecule has 0 saturated carbocycles. The van der Waals surface area contributed by atoms with E-state index in [0.29, 0.717) is 33.4 Å². The van der Waals surface area contributed by atoms with Crippen molar-refractivity contribution in [3.63, 3.8) is 0 Å². The molecule has 12 nitrogen and oxygen atoms in total. The molecule has 552 valence electrons. The van der Waals surface area contributed by atoms with E-state index in [4.69, 9.17) is 31.6 Å². The molecule has 114 heavy (non-hydrogen) atoms. The number of thiazole rings is 2. The molecule has 0 N–H and O–H groups in total. The molecular formula is C88H68I6N12S2Y6. The van der Waals surface area contributed by atoms with Gasteiger partial charge in [0.2, 0.25) is 0 Å². The van der Waals surface area contributed by atoms with Crippen LogP contribution in [-0.4, -0.2) is 59.1 Å². The Labute approximate surface area is 892 Å². The maximum absolute atomic E-state index is 9.01. The average Bonchev–Trinajstić information content (AvgIpc) is 1.42. The van der Waals surface area contributed by atoms with Crippen LogP contribution in [0.4, 0.5) is 0 Å². The summed E-state index contributed by atoms with van der Waals surface area (Å²) in [5.74, 6) is 36.7. The molecule has 0 fully saturated rings. The molecule has 0 bridgehead atoms. The number of nitriles is 6. The Kier molecular flexibility index (Phi) is 59.7. The van der Waals surface area contributed by atoms with Gasteiger partial charge in [0.1, 0.15) is 0 Å². The third-order valence-corrected chi connectivity index (χ3v) is 27.2. The molecule has 7 aromatic carbocycles. The molecule has 5 aromatic heterocycles. The molecule has 5 heterocycles. The Morgan fingerprint density at radius 1 is 0.307 bits per heavy atom. The van der Waals surface area contributed by atoms with Gasteiger partial charge in [0.25, 0.3) is 0 Å². The van der Waals surface area contributed by atoms with Crippen LogP contribution in [0.25, 0.3) is 0 Å². The molecular weight excluding hydrogens is 2580 g/mol. The molecule has 26 heteroatoms. The number of hydrogen-bond acceptors (Lipinski definition) is 13. The number of pyridine rings is 2. The first-order chi connectivity index (χ1) is 52.6. The van der Waals surface area contributed by atoms with Gasteiger partial charge < -0.3 is 0 Å². The van der Waals surface area contributed by atoms with E-state index in [1.165, 1.54) is 32.8 Å².